The number of ether oxygens (including phenoxy) is 1. The van der Waals surface area contributed by atoms with Crippen molar-refractivity contribution in [3.8, 4) is 5.75 Å². The molecule has 1 rings (SSSR count). The van der Waals surface area contributed by atoms with Crippen LogP contribution in [-0.4, -0.2) is 12.4 Å². The summed E-state index contributed by atoms with van der Waals surface area (Å²) in [6.07, 6.45) is 3.28. The van der Waals surface area contributed by atoms with Crippen molar-refractivity contribution in [2.75, 3.05) is 12.4 Å². The molecule has 0 atom stereocenters. The molecular formula is C16H23F3OS. The van der Waals surface area contributed by atoms with Gasteiger partial charge in [-0.25, -0.2) is 0 Å². The Morgan fingerprint density at radius 3 is 2.05 bits per heavy atom. The number of unbranched alkanes of at least 4 members (excludes halogenated alkanes) is 6. The van der Waals surface area contributed by atoms with Crippen LogP contribution in [0.25, 0.3) is 0 Å². The van der Waals surface area contributed by atoms with Gasteiger partial charge in [-0.2, -0.15) is 25.8 Å². The molecule has 0 aromatic heterocycles. The van der Waals surface area contributed by atoms with Crippen molar-refractivity contribution in [3.63, 3.8) is 0 Å². The van der Waals surface area contributed by atoms with Gasteiger partial charge in [-0.15, -0.1) is 0 Å². The lowest BCUT2D eigenvalue weighted by atomic mass is 10.1. The molecule has 0 bridgehead atoms. The maximum absolute atomic E-state index is 12.7. The Bertz CT molecular complexity index is 393. The Kier molecular flexibility index (Phi) is 8.66. The minimum absolute atomic E-state index is 0.0706. The first-order valence-corrected chi connectivity index (χ1v) is 8.09. The molecule has 1 aromatic rings. The van der Waals surface area contributed by atoms with E-state index in [9.17, 15) is 13.2 Å². The molecule has 0 aliphatic heterocycles. The van der Waals surface area contributed by atoms with Crippen LogP contribution in [0.2, 0.25) is 0 Å². The molecule has 0 fully saturated rings. The number of thiol groups is 1. The third-order valence-corrected chi connectivity index (χ3v) is 3.57. The molecule has 0 aliphatic carbocycles. The summed E-state index contributed by atoms with van der Waals surface area (Å²) in [4.78, 5) is 0. The first-order chi connectivity index (χ1) is 10.1. The van der Waals surface area contributed by atoms with E-state index >= 15 is 0 Å². The summed E-state index contributed by atoms with van der Waals surface area (Å²) < 4.78 is 43.5. The zero-order chi connectivity index (χ0) is 15.6. The first-order valence-electron chi connectivity index (χ1n) is 7.45. The van der Waals surface area contributed by atoms with Gasteiger partial charge in [-0.1, -0.05) is 44.2 Å². The predicted octanol–water partition coefficient (Wildman–Crippen LogP) is 5.74. The van der Waals surface area contributed by atoms with E-state index in [2.05, 4.69) is 12.6 Å². The van der Waals surface area contributed by atoms with Crippen molar-refractivity contribution in [1.29, 1.82) is 0 Å². The van der Waals surface area contributed by atoms with E-state index < -0.39 is 11.7 Å². The zero-order valence-corrected chi connectivity index (χ0v) is 13.1. The summed E-state index contributed by atoms with van der Waals surface area (Å²) in [5, 5.41) is 0. The topological polar surface area (TPSA) is 9.23 Å². The fourth-order valence-corrected chi connectivity index (χ4v) is 2.33. The third kappa shape index (κ3) is 7.65. The van der Waals surface area contributed by atoms with E-state index in [1.54, 1.807) is 6.07 Å². The van der Waals surface area contributed by atoms with Gasteiger partial charge in [0, 0.05) is 0 Å². The van der Waals surface area contributed by atoms with E-state index in [1.165, 1.54) is 31.4 Å². The molecular weight excluding hydrogens is 297 g/mol. The Hall–Kier alpha value is -0.840. The summed E-state index contributed by atoms with van der Waals surface area (Å²) in [6, 6.07) is 5.36. The molecule has 21 heavy (non-hydrogen) atoms. The molecule has 0 amide bonds. The van der Waals surface area contributed by atoms with E-state index in [-0.39, 0.29) is 5.75 Å². The minimum atomic E-state index is -4.36. The van der Waals surface area contributed by atoms with Gasteiger partial charge in [0.1, 0.15) is 5.75 Å². The van der Waals surface area contributed by atoms with Gasteiger partial charge in [-0.05, 0) is 30.7 Å². The predicted molar refractivity (Wildman–Crippen MR) is 83.1 cm³/mol. The molecule has 1 aromatic carbocycles. The summed E-state index contributed by atoms with van der Waals surface area (Å²) in [5.41, 5.74) is -0.697. The van der Waals surface area contributed by atoms with Crippen LogP contribution in [0.4, 0.5) is 13.2 Å². The van der Waals surface area contributed by atoms with Crippen LogP contribution in [0.5, 0.6) is 5.75 Å². The van der Waals surface area contributed by atoms with E-state index in [4.69, 9.17) is 4.74 Å². The van der Waals surface area contributed by atoms with Gasteiger partial charge in [0.05, 0.1) is 12.2 Å². The second kappa shape index (κ2) is 9.98. The molecule has 0 radical (unpaired) electrons. The van der Waals surface area contributed by atoms with Crippen LogP contribution >= 0.6 is 12.6 Å². The molecule has 0 saturated heterocycles. The van der Waals surface area contributed by atoms with Crippen LogP contribution in [0.15, 0.2) is 24.3 Å². The summed E-state index contributed by atoms with van der Waals surface area (Å²) >= 11 is 4.16. The Balaban J connectivity index is 2.19. The fourth-order valence-electron chi connectivity index (χ4n) is 2.11. The maximum atomic E-state index is 12.7. The number of benzene rings is 1. The Morgan fingerprint density at radius 2 is 1.43 bits per heavy atom. The smallest absolute Gasteiger partial charge is 0.419 e. The van der Waals surface area contributed by atoms with Crippen LogP contribution in [-0.2, 0) is 6.18 Å². The molecule has 0 unspecified atom stereocenters. The van der Waals surface area contributed by atoms with E-state index in [1.807, 2.05) is 0 Å². The Labute approximate surface area is 130 Å². The number of hydrogen-bond acceptors (Lipinski definition) is 2. The summed E-state index contributed by atoms with van der Waals surface area (Å²) in [7, 11) is 0. The highest BCUT2D eigenvalue weighted by atomic mass is 32.1. The van der Waals surface area contributed by atoms with Gasteiger partial charge in [-0.3, -0.25) is 0 Å². The minimum Gasteiger partial charge on any atom is -0.493 e. The Morgan fingerprint density at radius 1 is 0.857 bits per heavy atom. The highest BCUT2D eigenvalue weighted by Crippen LogP contribution is 2.35. The average Bonchev–Trinajstić information content (AvgIpc) is 2.45. The quantitative estimate of drug-likeness (QED) is 0.427. The SMILES string of the molecule is FC(F)(F)c1ccccc1OCCCCCCCCCS. The molecule has 5 heteroatoms. The van der Waals surface area contributed by atoms with Gasteiger partial charge < -0.3 is 4.74 Å². The van der Waals surface area contributed by atoms with E-state index in [0.29, 0.717) is 6.61 Å². The molecule has 0 saturated carbocycles. The standard InChI is InChI=1S/C16H23F3OS/c17-16(18,19)14-10-6-7-11-15(14)20-12-8-4-2-1-3-5-9-13-21/h6-7,10-11,21H,1-5,8-9,12-13H2. The van der Waals surface area contributed by atoms with Crippen molar-refractivity contribution >= 4 is 12.6 Å². The largest absolute Gasteiger partial charge is 0.493 e. The van der Waals surface area contributed by atoms with Crippen molar-refractivity contribution in [2.45, 2.75) is 51.1 Å². The van der Waals surface area contributed by atoms with Crippen molar-refractivity contribution < 1.29 is 17.9 Å². The van der Waals surface area contributed by atoms with Crippen molar-refractivity contribution in [3.05, 3.63) is 29.8 Å². The van der Waals surface area contributed by atoms with Crippen molar-refractivity contribution in [1.82, 2.24) is 0 Å². The van der Waals surface area contributed by atoms with E-state index in [0.717, 1.165) is 37.5 Å². The summed E-state index contributed by atoms with van der Waals surface area (Å²) in [6.45, 7) is 0.337. The fraction of sp³-hybridized carbons (Fsp3) is 0.625. The number of alkyl halides is 3. The van der Waals surface area contributed by atoms with Gasteiger partial charge in [0.25, 0.3) is 0 Å². The summed E-state index contributed by atoms with van der Waals surface area (Å²) in [5.74, 6) is 0.866. The molecule has 0 aliphatic rings. The molecule has 120 valence electrons. The molecule has 0 N–H and O–H groups in total. The lowest BCUT2D eigenvalue weighted by Gasteiger charge is -2.13. The van der Waals surface area contributed by atoms with Gasteiger partial charge in [0.15, 0.2) is 0 Å². The molecule has 0 heterocycles. The molecule has 0 spiro atoms. The van der Waals surface area contributed by atoms with Crippen LogP contribution < -0.4 is 4.74 Å². The maximum Gasteiger partial charge on any atom is 0.419 e. The second-order valence-corrected chi connectivity index (χ2v) is 5.49. The monoisotopic (exact) mass is 320 g/mol. The second-order valence-electron chi connectivity index (χ2n) is 5.04. The number of rotatable bonds is 10. The van der Waals surface area contributed by atoms with Gasteiger partial charge >= 0.3 is 6.18 Å². The number of halogens is 3. The van der Waals surface area contributed by atoms with Gasteiger partial charge in [0.2, 0.25) is 0 Å². The normalized spacial score (nSPS) is 11.6. The number of para-hydroxylation sites is 1. The first kappa shape index (κ1) is 18.2. The average molecular weight is 320 g/mol. The zero-order valence-electron chi connectivity index (χ0n) is 12.2. The lowest BCUT2D eigenvalue weighted by Crippen LogP contribution is -2.09. The highest BCUT2D eigenvalue weighted by Gasteiger charge is 2.33. The highest BCUT2D eigenvalue weighted by molar-refractivity contribution is 7.80. The van der Waals surface area contributed by atoms with Crippen LogP contribution in [0.1, 0.15) is 50.5 Å². The van der Waals surface area contributed by atoms with Crippen LogP contribution in [0, 0.1) is 0 Å². The lowest BCUT2D eigenvalue weighted by molar-refractivity contribution is -0.138. The number of hydrogen-bond donors (Lipinski definition) is 1. The third-order valence-electron chi connectivity index (χ3n) is 3.25. The van der Waals surface area contributed by atoms with Crippen molar-refractivity contribution in [2.24, 2.45) is 0 Å². The molecule has 1 nitrogen and oxygen atoms in total. The van der Waals surface area contributed by atoms with Crippen LogP contribution in [0.3, 0.4) is 0 Å².